The Labute approximate surface area is 154 Å². The molecule has 0 unspecified atom stereocenters. The summed E-state index contributed by atoms with van der Waals surface area (Å²) in [6, 6.07) is 17.6. The molecule has 0 radical (unpaired) electrons. The highest BCUT2D eigenvalue weighted by Gasteiger charge is 2.21. The molecule has 3 nitrogen and oxygen atoms in total. The lowest BCUT2D eigenvalue weighted by molar-refractivity contribution is 0.590. The van der Waals surface area contributed by atoms with Crippen LogP contribution in [0.2, 0.25) is 0 Å². The van der Waals surface area contributed by atoms with Gasteiger partial charge in [-0.1, -0.05) is 45.0 Å². The fraction of sp³-hybridized carbons (Fsp3) is 0.381. The van der Waals surface area contributed by atoms with Gasteiger partial charge < -0.3 is 9.80 Å². The predicted octanol–water partition coefficient (Wildman–Crippen LogP) is 4.92. The number of benzene rings is 2. The molecule has 25 heavy (non-hydrogen) atoms. The fourth-order valence-electron chi connectivity index (χ4n) is 3.45. The number of piperazine rings is 1. The van der Waals surface area contributed by atoms with Gasteiger partial charge in [0.05, 0.1) is 4.70 Å². The molecular weight excluding hydrogens is 326 g/mol. The number of nitrogens with zero attached hydrogens (tertiary/aromatic N) is 3. The van der Waals surface area contributed by atoms with E-state index in [4.69, 9.17) is 4.37 Å². The van der Waals surface area contributed by atoms with Gasteiger partial charge in [-0.2, -0.15) is 4.37 Å². The average Bonchev–Trinajstić information content (AvgIpc) is 3.05. The largest absolute Gasteiger partial charge is 0.368 e. The highest BCUT2D eigenvalue weighted by molar-refractivity contribution is 7.13. The fourth-order valence-corrected chi connectivity index (χ4v) is 4.25. The van der Waals surface area contributed by atoms with Gasteiger partial charge in [-0.05, 0) is 46.8 Å². The average molecular weight is 352 g/mol. The predicted molar refractivity (Wildman–Crippen MR) is 109 cm³/mol. The molecule has 2 heterocycles. The summed E-state index contributed by atoms with van der Waals surface area (Å²) in [5, 5.41) is 1.29. The highest BCUT2D eigenvalue weighted by Crippen LogP contribution is 2.31. The molecule has 2 aromatic carbocycles. The van der Waals surface area contributed by atoms with Gasteiger partial charge in [-0.25, -0.2) is 0 Å². The number of hydrogen-bond acceptors (Lipinski definition) is 4. The third-order valence-corrected chi connectivity index (χ3v) is 5.85. The molecular formula is C21H25N3S. The summed E-state index contributed by atoms with van der Waals surface area (Å²) in [7, 11) is 0. The van der Waals surface area contributed by atoms with Crippen LogP contribution in [0.25, 0.3) is 10.1 Å². The molecule has 0 aliphatic carbocycles. The van der Waals surface area contributed by atoms with E-state index in [-0.39, 0.29) is 5.41 Å². The van der Waals surface area contributed by atoms with Crippen LogP contribution in [0.4, 0.5) is 11.5 Å². The minimum atomic E-state index is 0.211. The topological polar surface area (TPSA) is 19.4 Å². The SMILES string of the molecule is CC(C)(C)c1ccc(N2CCN(c3nsc4ccccc34)CC2)cc1. The lowest BCUT2D eigenvalue weighted by Gasteiger charge is -2.36. The lowest BCUT2D eigenvalue weighted by atomic mass is 9.87. The third-order valence-electron chi connectivity index (χ3n) is 5.04. The summed E-state index contributed by atoms with van der Waals surface area (Å²) in [5.41, 5.74) is 2.93. The number of anilines is 2. The van der Waals surface area contributed by atoms with Gasteiger partial charge in [0.2, 0.25) is 0 Å². The molecule has 1 aromatic heterocycles. The van der Waals surface area contributed by atoms with Crippen LogP contribution < -0.4 is 9.80 Å². The summed E-state index contributed by atoms with van der Waals surface area (Å²) >= 11 is 1.60. The quantitative estimate of drug-likeness (QED) is 0.653. The van der Waals surface area contributed by atoms with Gasteiger partial charge in [-0.3, -0.25) is 0 Å². The van der Waals surface area contributed by atoms with Crippen LogP contribution in [0, 0.1) is 0 Å². The van der Waals surface area contributed by atoms with Gasteiger partial charge >= 0.3 is 0 Å². The maximum Gasteiger partial charge on any atom is 0.150 e. The molecule has 4 heteroatoms. The Morgan fingerprint density at radius 2 is 1.48 bits per heavy atom. The molecule has 4 rings (SSSR count). The van der Waals surface area contributed by atoms with E-state index in [0.717, 1.165) is 32.0 Å². The Balaban J connectivity index is 1.46. The van der Waals surface area contributed by atoms with Crippen molar-refractivity contribution in [3.05, 3.63) is 54.1 Å². The number of fused-ring (bicyclic) bond motifs is 1. The van der Waals surface area contributed by atoms with E-state index in [1.165, 1.54) is 21.3 Å². The summed E-state index contributed by atoms with van der Waals surface area (Å²) < 4.78 is 5.98. The van der Waals surface area contributed by atoms with Crippen LogP contribution in [0.3, 0.4) is 0 Å². The zero-order chi connectivity index (χ0) is 17.4. The van der Waals surface area contributed by atoms with E-state index in [1.54, 1.807) is 11.5 Å². The van der Waals surface area contributed by atoms with Crippen LogP contribution in [0.1, 0.15) is 26.3 Å². The smallest absolute Gasteiger partial charge is 0.150 e. The van der Waals surface area contributed by atoms with Crippen LogP contribution in [0.5, 0.6) is 0 Å². The maximum absolute atomic E-state index is 4.70. The monoisotopic (exact) mass is 351 g/mol. The summed E-state index contributed by atoms with van der Waals surface area (Å²) in [6.45, 7) is 10.9. The Bertz CT molecular complexity index is 853. The third kappa shape index (κ3) is 3.23. The molecule has 130 valence electrons. The van der Waals surface area contributed by atoms with Gasteiger partial charge in [0, 0.05) is 37.3 Å². The zero-order valence-corrected chi connectivity index (χ0v) is 16.0. The standard InChI is InChI=1S/C21H25N3S/c1-21(2,3)16-8-10-17(11-9-16)23-12-14-24(15-13-23)20-18-6-4-5-7-19(18)25-22-20/h4-11H,12-15H2,1-3H3. The maximum atomic E-state index is 4.70. The van der Waals surface area contributed by atoms with E-state index in [9.17, 15) is 0 Å². The Hall–Kier alpha value is -2.07. The molecule has 0 amide bonds. The minimum absolute atomic E-state index is 0.211. The van der Waals surface area contributed by atoms with Crippen molar-refractivity contribution in [1.82, 2.24) is 4.37 Å². The van der Waals surface area contributed by atoms with Crippen molar-refractivity contribution in [1.29, 1.82) is 0 Å². The molecule has 0 N–H and O–H groups in total. The van der Waals surface area contributed by atoms with Crippen molar-refractivity contribution in [2.24, 2.45) is 0 Å². The van der Waals surface area contributed by atoms with Crippen molar-refractivity contribution >= 4 is 33.1 Å². The Morgan fingerprint density at radius 3 is 2.16 bits per heavy atom. The molecule has 1 aliphatic heterocycles. The summed E-state index contributed by atoms with van der Waals surface area (Å²) in [5.74, 6) is 1.16. The number of rotatable bonds is 2. The summed E-state index contributed by atoms with van der Waals surface area (Å²) in [4.78, 5) is 4.91. The molecule has 0 spiro atoms. The van der Waals surface area contributed by atoms with Crippen molar-refractivity contribution in [2.75, 3.05) is 36.0 Å². The first-order valence-corrected chi connectivity index (χ1v) is 9.74. The van der Waals surface area contributed by atoms with Crippen LogP contribution >= 0.6 is 11.5 Å². The van der Waals surface area contributed by atoms with Gasteiger partial charge in [0.1, 0.15) is 5.82 Å². The van der Waals surface area contributed by atoms with E-state index in [1.807, 2.05) is 0 Å². The Morgan fingerprint density at radius 1 is 0.840 bits per heavy atom. The number of aromatic nitrogens is 1. The van der Waals surface area contributed by atoms with Crippen molar-refractivity contribution in [2.45, 2.75) is 26.2 Å². The zero-order valence-electron chi connectivity index (χ0n) is 15.2. The van der Waals surface area contributed by atoms with Crippen LogP contribution in [0.15, 0.2) is 48.5 Å². The minimum Gasteiger partial charge on any atom is -0.368 e. The lowest BCUT2D eigenvalue weighted by Crippen LogP contribution is -2.46. The first-order chi connectivity index (χ1) is 12.0. The molecule has 0 saturated carbocycles. The van der Waals surface area contributed by atoms with Crippen LogP contribution in [-0.4, -0.2) is 30.6 Å². The molecule has 3 aromatic rings. The molecule has 0 atom stereocenters. The van der Waals surface area contributed by atoms with E-state index in [2.05, 4.69) is 79.1 Å². The summed E-state index contributed by atoms with van der Waals surface area (Å²) in [6.07, 6.45) is 0. The Kier molecular flexibility index (Phi) is 4.16. The van der Waals surface area contributed by atoms with Crippen molar-refractivity contribution in [3.63, 3.8) is 0 Å². The van der Waals surface area contributed by atoms with Crippen molar-refractivity contribution < 1.29 is 0 Å². The molecule has 1 saturated heterocycles. The molecule has 1 aliphatic rings. The van der Waals surface area contributed by atoms with Gasteiger partial charge in [0.15, 0.2) is 0 Å². The molecule has 1 fully saturated rings. The second kappa shape index (κ2) is 6.34. The molecule has 0 bridgehead atoms. The van der Waals surface area contributed by atoms with Gasteiger partial charge in [-0.15, -0.1) is 0 Å². The first-order valence-electron chi connectivity index (χ1n) is 8.97. The van der Waals surface area contributed by atoms with E-state index in [0.29, 0.717) is 0 Å². The normalized spacial score (nSPS) is 15.8. The van der Waals surface area contributed by atoms with E-state index >= 15 is 0 Å². The number of hydrogen-bond donors (Lipinski definition) is 0. The second-order valence-corrected chi connectivity index (χ2v) is 8.58. The first kappa shape index (κ1) is 16.4. The van der Waals surface area contributed by atoms with Gasteiger partial charge in [0.25, 0.3) is 0 Å². The second-order valence-electron chi connectivity index (χ2n) is 7.77. The van der Waals surface area contributed by atoms with E-state index < -0.39 is 0 Å². The van der Waals surface area contributed by atoms with Crippen molar-refractivity contribution in [3.8, 4) is 0 Å². The highest BCUT2D eigenvalue weighted by atomic mass is 32.1. The van der Waals surface area contributed by atoms with Crippen LogP contribution in [-0.2, 0) is 5.41 Å².